The quantitative estimate of drug-likeness (QED) is 0.573. The summed E-state index contributed by atoms with van der Waals surface area (Å²) < 4.78 is 0. The predicted molar refractivity (Wildman–Crippen MR) is 44.8 cm³/mol. The van der Waals surface area contributed by atoms with Crippen molar-refractivity contribution in [2.75, 3.05) is 20.1 Å². The molecule has 1 heterocycles. The predicted octanol–water partition coefficient (Wildman–Crippen LogP) is 0.237. The second-order valence-corrected chi connectivity index (χ2v) is 3.04. The van der Waals surface area contributed by atoms with E-state index in [1.807, 2.05) is 0 Å². The minimum absolute atomic E-state index is 0.0380. The van der Waals surface area contributed by atoms with Crippen molar-refractivity contribution < 1.29 is 9.59 Å². The first-order valence-corrected chi connectivity index (χ1v) is 4.20. The van der Waals surface area contributed by atoms with Gasteiger partial charge in [-0.2, -0.15) is 0 Å². The first-order chi connectivity index (χ1) is 5.77. The van der Waals surface area contributed by atoms with E-state index in [4.69, 9.17) is 0 Å². The number of aldehydes is 1. The topological polar surface area (TPSA) is 49.4 Å². The maximum atomic E-state index is 11.1. The molecule has 12 heavy (non-hydrogen) atoms. The average Bonchev–Trinajstić information content (AvgIpc) is 2.17. The molecule has 0 radical (unpaired) electrons. The number of piperidine rings is 1. The zero-order chi connectivity index (χ0) is 8.97. The Morgan fingerprint density at radius 3 is 3.00 bits per heavy atom. The third-order valence-electron chi connectivity index (χ3n) is 2.15. The number of hydrogen-bond donors (Lipinski definition) is 1. The number of carbonyl (C=O) groups excluding carboxylic acids is 2. The summed E-state index contributed by atoms with van der Waals surface area (Å²) in [5.41, 5.74) is 0. The Balaban J connectivity index is 2.45. The molecule has 0 aromatic carbocycles. The van der Waals surface area contributed by atoms with E-state index in [-0.39, 0.29) is 11.9 Å². The fourth-order valence-electron chi connectivity index (χ4n) is 1.46. The molecular weight excluding hydrogens is 156 g/mol. The van der Waals surface area contributed by atoms with Crippen molar-refractivity contribution in [3.05, 3.63) is 0 Å². The van der Waals surface area contributed by atoms with Gasteiger partial charge >= 0.3 is 6.03 Å². The summed E-state index contributed by atoms with van der Waals surface area (Å²) in [5.74, 6) is 0.0380. The number of nitrogens with zero attached hydrogens (tertiary/aromatic N) is 1. The maximum absolute atomic E-state index is 11.1. The molecule has 1 aliphatic rings. The lowest BCUT2D eigenvalue weighted by molar-refractivity contribution is -0.112. The Labute approximate surface area is 71.9 Å². The van der Waals surface area contributed by atoms with E-state index in [9.17, 15) is 9.59 Å². The van der Waals surface area contributed by atoms with Crippen molar-refractivity contribution >= 4 is 12.3 Å². The van der Waals surface area contributed by atoms with Gasteiger partial charge in [0.2, 0.25) is 0 Å². The van der Waals surface area contributed by atoms with Gasteiger partial charge in [0.25, 0.3) is 0 Å². The van der Waals surface area contributed by atoms with Crippen molar-refractivity contribution in [3.63, 3.8) is 0 Å². The maximum Gasteiger partial charge on any atom is 0.317 e. The number of urea groups is 1. The second-order valence-electron chi connectivity index (χ2n) is 3.04. The highest BCUT2D eigenvalue weighted by Gasteiger charge is 2.21. The molecule has 4 nitrogen and oxygen atoms in total. The normalized spacial score (nSPS) is 23.4. The molecular formula is C8H14N2O2. The molecule has 0 aromatic heterocycles. The first kappa shape index (κ1) is 9.03. The standard InChI is InChI=1S/C8H14N2O2/c1-9-8(12)10-4-2-3-7(5-10)6-11/h6-7H,2-5H2,1H3,(H,9,12). The number of rotatable bonds is 1. The van der Waals surface area contributed by atoms with Gasteiger partial charge in [-0.25, -0.2) is 4.79 Å². The van der Waals surface area contributed by atoms with Gasteiger partial charge in [-0.15, -0.1) is 0 Å². The first-order valence-electron chi connectivity index (χ1n) is 4.20. The van der Waals surface area contributed by atoms with Crippen LogP contribution in [0.5, 0.6) is 0 Å². The van der Waals surface area contributed by atoms with Gasteiger partial charge < -0.3 is 15.0 Å². The van der Waals surface area contributed by atoms with Crippen molar-refractivity contribution in [3.8, 4) is 0 Å². The third-order valence-corrected chi connectivity index (χ3v) is 2.15. The van der Waals surface area contributed by atoms with Crippen molar-refractivity contribution in [1.82, 2.24) is 10.2 Å². The van der Waals surface area contributed by atoms with Crippen LogP contribution in [0, 0.1) is 5.92 Å². The summed E-state index contributed by atoms with van der Waals surface area (Å²) in [5, 5.41) is 2.55. The molecule has 1 unspecified atom stereocenters. The fourth-order valence-corrected chi connectivity index (χ4v) is 1.46. The molecule has 1 fully saturated rings. The molecule has 1 rings (SSSR count). The van der Waals surface area contributed by atoms with Gasteiger partial charge in [0, 0.05) is 26.1 Å². The molecule has 2 amide bonds. The Hall–Kier alpha value is -1.06. The number of likely N-dealkylation sites (tertiary alicyclic amines) is 1. The molecule has 0 aromatic rings. The van der Waals surface area contributed by atoms with Crippen LogP contribution in [0.3, 0.4) is 0 Å². The zero-order valence-corrected chi connectivity index (χ0v) is 7.25. The Morgan fingerprint density at radius 2 is 2.42 bits per heavy atom. The number of hydrogen-bond acceptors (Lipinski definition) is 2. The Morgan fingerprint density at radius 1 is 1.67 bits per heavy atom. The van der Waals surface area contributed by atoms with Gasteiger partial charge in [-0.05, 0) is 12.8 Å². The molecule has 68 valence electrons. The molecule has 0 bridgehead atoms. The van der Waals surface area contributed by atoms with E-state index in [2.05, 4.69) is 5.32 Å². The lowest BCUT2D eigenvalue weighted by Gasteiger charge is -2.29. The molecule has 1 atom stereocenters. The summed E-state index contributed by atoms with van der Waals surface area (Å²) >= 11 is 0. The molecule has 0 saturated carbocycles. The third kappa shape index (κ3) is 1.96. The summed E-state index contributed by atoms with van der Waals surface area (Å²) in [4.78, 5) is 23.3. The smallest absolute Gasteiger partial charge is 0.317 e. The lowest BCUT2D eigenvalue weighted by atomic mass is 10.0. The lowest BCUT2D eigenvalue weighted by Crippen LogP contribution is -2.44. The number of amides is 2. The van der Waals surface area contributed by atoms with Crippen LogP contribution >= 0.6 is 0 Å². The van der Waals surface area contributed by atoms with Crippen LogP contribution in [0.2, 0.25) is 0 Å². The van der Waals surface area contributed by atoms with Crippen LogP contribution in [0.15, 0.2) is 0 Å². The molecule has 1 N–H and O–H groups in total. The van der Waals surface area contributed by atoms with E-state index in [1.54, 1.807) is 11.9 Å². The summed E-state index contributed by atoms with van der Waals surface area (Å²) in [6.45, 7) is 1.34. The van der Waals surface area contributed by atoms with Crippen molar-refractivity contribution in [2.45, 2.75) is 12.8 Å². The molecule has 0 spiro atoms. The molecule has 4 heteroatoms. The van der Waals surface area contributed by atoms with E-state index in [0.717, 1.165) is 25.7 Å². The SMILES string of the molecule is CNC(=O)N1CCCC(C=O)C1. The van der Waals surface area contributed by atoms with E-state index in [1.165, 1.54) is 0 Å². The number of nitrogens with one attached hydrogen (secondary N) is 1. The van der Waals surface area contributed by atoms with Gasteiger partial charge in [0.05, 0.1) is 0 Å². The van der Waals surface area contributed by atoms with Crippen LogP contribution in [-0.4, -0.2) is 37.4 Å². The monoisotopic (exact) mass is 170 g/mol. The van der Waals surface area contributed by atoms with Crippen LogP contribution in [0.1, 0.15) is 12.8 Å². The zero-order valence-electron chi connectivity index (χ0n) is 7.25. The van der Waals surface area contributed by atoms with Crippen LogP contribution in [0.25, 0.3) is 0 Å². The van der Waals surface area contributed by atoms with E-state index in [0.29, 0.717) is 6.54 Å². The average molecular weight is 170 g/mol. The minimum Gasteiger partial charge on any atom is -0.341 e. The largest absolute Gasteiger partial charge is 0.341 e. The summed E-state index contributed by atoms with van der Waals surface area (Å²) in [7, 11) is 1.60. The Bertz CT molecular complexity index is 182. The summed E-state index contributed by atoms with van der Waals surface area (Å²) in [6.07, 6.45) is 2.78. The van der Waals surface area contributed by atoms with Crippen molar-refractivity contribution in [1.29, 1.82) is 0 Å². The second kappa shape index (κ2) is 4.09. The highest BCUT2D eigenvalue weighted by molar-refractivity contribution is 5.74. The molecule has 0 aliphatic carbocycles. The van der Waals surface area contributed by atoms with Crippen LogP contribution in [-0.2, 0) is 4.79 Å². The van der Waals surface area contributed by atoms with Gasteiger partial charge in [0.1, 0.15) is 6.29 Å². The highest BCUT2D eigenvalue weighted by Crippen LogP contribution is 2.13. The van der Waals surface area contributed by atoms with E-state index < -0.39 is 0 Å². The minimum atomic E-state index is -0.0819. The van der Waals surface area contributed by atoms with Gasteiger partial charge in [-0.1, -0.05) is 0 Å². The van der Waals surface area contributed by atoms with E-state index >= 15 is 0 Å². The van der Waals surface area contributed by atoms with Crippen LogP contribution < -0.4 is 5.32 Å². The highest BCUT2D eigenvalue weighted by atomic mass is 16.2. The van der Waals surface area contributed by atoms with Crippen molar-refractivity contribution in [2.24, 2.45) is 5.92 Å². The molecule has 1 saturated heterocycles. The van der Waals surface area contributed by atoms with Gasteiger partial charge in [0.15, 0.2) is 0 Å². The van der Waals surface area contributed by atoms with Crippen LogP contribution in [0.4, 0.5) is 4.79 Å². The molecule has 1 aliphatic heterocycles. The Kier molecular flexibility index (Phi) is 3.08. The number of carbonyl (C=O) groups is 2. The summed E-state index contributed by atoms with van der Waals surface area (Å²) in [6, 6.07) is -0.0819. The van der Waals surface area contributed by atoms with Gasteiger partial charge in [-0.3, -0.25) is 0 Å². The fraction of sp³-hybridized carbons (Fsp3) is 0.750.